The van der Waals surface area contributed by atoms with E-state index in [0.717, 1.165) is 11.0 Å². The molecular weight excluding hydrogens is 944 g/mol. The predicted molar refractivity (Wildman–Crippen MR) is 229 cm³/mol. The molecule has 0 radical (unpaired) electrons. The number of hydrogen-bond donors (Lipinski definition) is 6. The van der Waals surface area contributed by atoms with Crippen LogP contribution in [0.2, 0.25) is 0 Å². The minimum absolute atomic E-state index is 0.152. The van der Waals surface area contributed by atoms with Crippen molar-refractivity contribution in [3.05, 3.63) is 72.8 Å². The van der Waals surface area contributed by atoms with Gasteiger partial charge in [-0.3, -0.25) is 13.6 Å². The number of carbonyl (C=O) groups is 5. The van der Waals surface area contributed by atoms with Crippen molar-refractivity contribution in [2.75, 3.05) is 36.9 Å². The molecule has 4 aromatic heterocycles. The van der Waals surface area contributed by atoms with Crippen LogP contribution in [-0.4, -0.2) is 125 Å². The molecule has 69 heavy (non-hydrogen) atoms. The highest BCUT2D eigenvalue weighted by Gasteiger charge is 2.39. The van der Waals surface area contributed by atoms with Crippen molar-refractivity contribution < 1.29 is 83.5 Å². The van der Waals surface area contributed by atoms with Crippen LogP contribution in [0.25, 0.3) is 33.4 Å². The summed E-state index contributed by atoms with van der Waals surface area (Å²) >= 11 is 0. The fraction of sp³-hybridized carbons (Fsp3) is 0.390. The molecule has 6 aromatic rings. The minimum Gasteiger partial charge on any atom is -0.475 e. The van der Waals surface area contributed by atoms with E-state index in [0.29, 0.717) is 59.9 Å². The number of alkyl carbamates (subject to hydrolysis) is 1. The van der Waals surface area contributed by atoms with Crippen LogP contribution in [0.1, 0.15) is 47.5 Å². The average molecular weight is 991 g/mol. The molecule has 20 nitrogen and oxygen atoms in total. The van der Waals surface area contributed by atoms with Gasteiger partial charge in [-0.2, -0.15) is 26.3 Å². The summed E-state index contributed by atoms with van der Waals surface area (Å²) in [6, 6.07) is 7.38. The molecule has 4 heterocycles. The first-order chi connectivity index (χ1) is 32.1. The van der Waals surface area contributed by atoms with Crippen molar-refractivity contribution in [3.63, 3.8) is 0 Å². The standard InChI is InChI=1S/C21H26FN5O4.C16H18FN5O2.2C2HF3O2/c1-13(25-20(29)31-21(2,3)4)19(28)30-11-5-8-23-17-18-24-9-10-27(18)16-7-6-14(22)12-15(16)26-17;1-10(18)16(23)24-8-2-5-19-14-15-20-6-7-22(15)13-4-3-11(17)9-12(13)21-14;2*3-2(4,5)1(6)7/h6-7,9-10,12-13H,5,8,11H2,1-4H3,(H,23,26)(H,25,29);3-4,6-7,9-10H,2,5,8,18H2,1H3,(H,19,21);2*(H,6,7)/t13-;10-;;/m11../s1. The van der Waals surface area contributed by atoms with Crippen molar-refractivity contribution in [2.24, 2.45) is 5.73 Å². The number of ether oxygens (including phenoxy) is 3. The second kappa shape index (κ2) is 24.4. The van der Waals surface area contributed by atoms with E-state index in [4.69, 9.17) is 39.7 Å². The Bertz CT molecular complexity index is 2700. The molecule has 0 aliphatic heterocycles. The molecule has 0 spiro atoms. The number of aromatic nitrogens is 6. The molecule has 376 valence electrons. The fourth-order valence-corrected chi connectivity index (χ4v) is 5.21. The van der Waals surface area contributed by atoms with E-state index in [1.54, 1.807) is 64.6 Å². The predicted octanol–water partition coefficient (Wildman–Crippen LogP) is 6.26. The second-order valence-corrected chi connectivity index (χ2v) is 15.1. The molecule has 2 aromatic carbocycles. The number of nitrogens with zero attached hydrogens (tertiary/aromatic N) is 6. The third-order valence-corrected chi connectivity index (χ3v) is 8.22. The smallest absolute Gasteiger partial charge is 0.475 e. The first kappa shape index (κ1) is 55.7. The first-order valence-electron chi connectivity index (χ1n) is 20.1. The van der Waals surface area contributed by atoms with Crippen LogP contribution in [0.3, 0.4) is 0 Å². The molecule has 2 atom stereocenters. The van der Waals surface area contributed by atoms with E-state index >= 15 is 0 Å². The number of rotatable bonds is 13. The van der Waals surface area contributed by atoms with Gasteiger partial charge in [0.25, 0.3) is 0 Å². The Kier molecular flexibility index (Phi) is 19.7. The van der Waals surface area contributed by atoms with E-state index in [1.165, 1.54) is 31.2 Å². The zero-order chi connectivity index (χ0) is 51.9. The van der Waals surface area contributed by atoms with Crippen LogP contribution in [0, 0.1) is 11.6 Å². The normalized spacial score (nSPS) is 12.3. The summed E-state index contributed by atoms with van der Waals surface area (Å²) in [5.74, 6) is -6.15. The van der Waals surface area contributed by atoms with Gasteiger partial charge < -0.3 is 46.1 Å². The number of carbonyl (C=O) groups excluding carboxylic acids is 3. The quantitative estimate of drug-likeness (QED) is 0.0322. The number of imidazole rings is 2. The van der Waals surface area contributed by atoms with Gasteiger partial charge in [-0.1, -0.05) is 0 Å². The maximum absolute atomic E-state index is 13.6. The van der Waals surface area contributed by atoms with Gasteiger partial charge in [0, 0.05) is 50.0 Å². The van der Waals surface area contributed by atoms with Gasteiger partial charge in [-0.15, -0.1) is 0 Å². The van der Waals surface area contributed by atoms with E-state index in [2.05, 4.69) is 35.9 Å². The number of fused-ring (bicyclic) bond motifs is 6. The highest BCUT2D eigenvalue weighted by Crippen LogP contribution is 2.23. The largest absolute Gasteiger partial charge is 0.490 e. The summed E-state index contributed by atoms with van der Waals surface area (Å²) < 4.78 is 109. The van der Waals surface area contributed by atoms with E-state index in [-0.39, 0.29) is 24.8 Å². The molecule has 0 bridgehead atoms. The van der Waals surface area contributed by atoms with E-state index in [9.17, 15) is 49.5 Å². The molecule has 7 N–H and O–H groups in total. The number of hydrogen-bond acceptors (Lipinski definition) is 15. The average Bonchev–Trinajstić information content (AvgIpc) is 3.94. The Morgan fingerprint density at radius 3 is 1.45 bits per heavy atom. The number of carboxylic acid groups (broad SMARTS) is 2. The molecule has 1 amide bonds. The van der Waals surface area contributed by atoms with Gasteiger partial charge in [0.1, 0.15) is 29.3 Å². The topological polar surface area (TPSA) is 276 Å². The van der Waals surface area contributed by atoms with Crippen LogP contribution < -0.4 is 21.7 Å². The third-order valence-electron chi connectivity index (χ3n) is 8.22. The Balaban J connectivity index is 0.000000291. The SMILES string of the molecule is C[C@@H](N)C(=O)OCCCNc1nc2cc(F)ccc2n2ccnc12.C[C@@H](NC(=O)OC(C)(C)C)C(=O)OCCCNc1nc2cc(F)ccc2n2ccnc12.O=C(O)C(F)(F)F.O=C(O)C(F)(F)F. The number of anilines is 2. The van der Waals surface area contributed by atoms with Gasteiger partial charge in [-0.05, 0) is 71.7 Å². The van der Waals surface area contributed by atoms with Gasteiger partial charge in [0.05, 0.1) is 35.3 Å². The summed E-state index contributed by atoms with van der Waals surface area (Å²) in [5.41, 5.74) is 8.60. The van der Waals surface area contributed by atoms with Gasteiger partial charge in [0.2, 0.25) is 0 Å². The Morgan fingerprint density at radius 1 is 0.696 bits per heavy atom. The van der Waals surface area contributed by atoms with Gasteiger partial charge in [-0.25, -0.2) is 47.9 Å². The summed E-state index contributed by atoms with van der Waals surface area (Å²) in [5, 5.41) is 23.0. The molecule has 0 saturated heterocycles. The number of benzene rings is 2. The molecule has 0 aliphatic carbocycles. The number of nitrogens with one attached hydrogen (secondary N) is 3. The van der Waals surface area contributed by atoms with Gasteiger partial charge in [0.15, 0.2) is 22.9 Å². The Morgan fingerprint density at radius 2 is 1.09 bits per heavy atom. The highest BCUT2D eigenvalue weighted by atomic mass is 19.4. The first-order valence-corrected chi connectivity index (χ1v) is 20.1. The monoisotopic (exact) mass is 990 g/mol. The lowest BCUT2D eigenvalue weighted by molar-refractivity contribution is -0.193. The zero-order valence-electron chi connectivity index (χ0n) is 37.1. The fourth-order valence-electron chi connectivity index (χ4n) is 5.21. The highest BCUT2D eigenvalue weighted by molar-refractivity contribution is 5.84. The number of aliphatic carboxylic acids is 2. The maximum atomic E-state index is 13.6. The lowest BCUT2D eigenvalue weighted by Crippen LogP contribution is -2.42. The van der Waals surface area contributed by atoms with Crippen molar-refractivity contribution in [3.8, 4) is 0 Å². The minimum atomic E-state index is -5.08. The van der Waals surface area contributed by atoms with Crippen molar-refractivity contribution >= 4 is 75.0 Å². The lowest BCUT2D eigenvalue weighted by atomic mass is 10.2. The number of amides is 1. The Labute approximate surface area is 385 Å². The Hall–Kier alpha value is -7.65. The van der Waals surface area contributed by atoms with Crippen molar-refractivity contribution in [1.82, 2.24) is 34.1 Å². The summed E-state index contributed by atoms with van der Waals surface area (Å²) in [4.78, 5) is 70.3. The molecule has 0 aliphatic rings. The van der Waals surface area contributed by atoms with Crippen molar-refractivity contribution in [2.45, 2.75) is 77.5 Å². The molecule has 0 saturated carbocycles. The number of carboxylic acids is 2. The summed E-state index contributed by atoms with van der Waals surface area (Å²) in [6.45, 7) is 9.72. The molecule has 6 rings (SSSR count). The van der Waals surface area contributed by atoms with E-state index < -0.39 is 60.0 Å². The molecule has 28 heteroatoms. The molecular formula is C41H46F8N10O10. The summed E-state index contributed by atoms with van der Waals surface area (Å²) in [6.07, 6.45) is -2.87. The number of alkyl halides is 6. The van der Waals surface area contributed by atoms with Crippen LogP contribution in [0.15, 0.2) is 61.2 Å². The van der Waals surface area contributed by atoms with Crippen LogP contribution >= 0.6 is 0 Å². The van der Waals surface area contributed by atoms with Crippen LogP contribution in [0.4, 0.5) is 51.6 Å². The summed E-state index contributed by atoms with van der Waals surface area (Å²) in [7, 11) is 0. The van der Waals surface area contributed by atoms with Crippen LogP contribution in [-0.2, 0) is 33.4 Å². The second-order valence-electron chi connectivity index (χ2n) is 15.1. The number of nitrogens with two attached hydrogens (primary N) is 1. The van der Waals surface area contributed by atoms with E-state index in [1.807, 2.05) is 8.80 Å². The molecule has 0 unspecified atom stereocenters. The lowest BCUT2D eigenvalue weighted by Gasteiger charge is -2.21. The third kappa shape index (κ3) is 17.8. The zero-order valence-corrected chi connectivity index (χ0v) is 37.1. The number of halogens is 8. The molecule has 0 fully saturated rings. The number of esters is 2. The van der Waals surface area contributed by atoms with Gasteiger partial charge >= 0.3 is 42.3 Å². The maximum Gasteiger partial charge on any atom is 0.490 e. The van der Waals surface area contributed by atoms with Crippen molar-refractivity contribution in [1.29, 1.82) is 0 Å². The van der Waals surface area contributed by atoms with Crippen LogP contribution in [0.5, 0.6) is 0 Å².